The van der Waals surface area contributed by atoms with Crippen LogP contribution in [0.3, 0.4) is 0 Å². The summed E-state index contributed by atoms with van der Waals surface area (Å²) in [5, 5.41) is 10.1. The van der Waals surface area contributed by atoms with Gasteiger partial charge in [0.2, 0.25) is 0 Å². The smallest absolute Gasteiger partial charge is 0.345 e. The third kappa shape index (κ3) is 2.87. The summed E-state index contributed by atoms with van der Waals surface area (Å²) in [6.45, 7) is 0. The van der Waals surface area contributed by atoms with Crippen LogP contribution in [0.15, 0.2) is 30.3 Å². The lowest BCUT2D eigenvalue weighted by molar-refractivity contribution is 0.0702. The van der Waals surface area contributed by atoms with E-state index < -0.39 is 5.97 Å². The number of benzene rings is 1. The summed E-state index contributed by atoms with van der Waals surface area (Å²) in [7, 11) is 2.04. The standard InChI is InChI=1S/C20H20ClNO2S/c1-22-15-11-16(20(23)24)25-19(15)17(12-5-3-2-4-6-12)18(22)13-7-9-14(21)10-8-13/h7-12H,2-6H2,1H3,(H,23,24). The van der Waals surface area contributed by atoms with E-state index in [4.69, 9.17) is 11.6 Å². The number of hydrogen-bond donors (Lipinski definition) is 1. The van der Waals surface area contributed by atoms with Crippen LogP contribution in [0.1, 0.15) is 53.3 Å². The van der Waals surface area contributed by atoms with Gasteiger partial charge in [-0.1, -0.05) is 43.0 Å². The van der Waals surface area contributed by atoms with E-state index in [-0.39, 0.29) is 0 Å². The molecular formula is C20H20ClNO2S. The Morgan fingerprint density at radius 3 is 2.52 bits per heavy atom. The summed E-state index contributed by atoms with van der Waals surface area (Å²) in [6.07, 6.45) is 6.16. The van der Waals surface area contributed by atoms with Gasteiger partial charge in [0.1, 0.15) is 4.88 Å². The van der Waals surface area contributed by atoms with Crippen LogP contribution in [0.25, 0.3) is 21.5 Å². The third-order valence-corrected chi connectivity index (χ3v) is 6.65. The van der Waals surface area contributed by atoms with Gasteiger partial charge in [-0.25, -0.2) is 4.79 Å². The second-order valence-electron chi connectivity index (χ2n) is 6.79. The van der Waals surface area contributed by atoms with Crippen LogP contribution in [0.2, 0.25) is 5.02 Å². The molecule has 5 heteroatoms. The SMILES string of the molecule is Cn1c(-c2ccc(Cl)cc2)c(C2CCCCC2)c2sc(C(=O)O)cc21. The predicted octanol–water partition coefficient (Wildman–Crippen LogP) is 6.31. The molecule has 130 valence electrons. The first-order chi connectivity index (χ1) is 12.1. The molecule has 1 aliphatic rings. The third-order valence-electron chi connectivity index (χ3n) is 5.25. The van der Waals surface area contributed by atoms with E-state index in [9.17, 15) is 9.90 Å². The van der Waals surface area contributed by atoms with E-state index in [1.165, 1.54) is 54.7 Å². The van der Waals surface area contributed by atoms with Gasteiger partial charge < -0.3 is 9.67 Å². The average molecular weight is 374 g/mol. The van der Waals surface area contributed by atoms with E-state index in [2.05, 4.69) is 16.7 Å². The van der Waals surface area contributed by atoms with E-state index in [0.717, 1.165) is 20.8 Å². The van der Waals surface area contributed by atoms with Gasteiger partial charge in [0.15, 0.2) is 0 Å². The number of rotatable bonds is 3. The largest absolute Gasteiger partial charge is 0.477 e. The molecule has 2 aromatic heterocycles. The first-order valence-corrected chi connectivity index (χ1v) is 9.87. The zero-order valence-corrected chi connectivity index (χ0v) is 15.7. The normalized spacial score (nSPS) is 15.8. The molecule has 1 aromatic carbocycles. The van der Waals surface area contributed by atoms with Crippen molar-refractivity contribution in [3.63, 3.8) is 0 Å². The Morgan fingerprint density at radius 2 is 1.88 bits per heavy atom. The van der Waals surface area contributed by atoms with E-state index in [1.807, 2.05) is 25.2 Å². The van der Waals surface area contributed by atoms with Crippen LogP contribution in [-0.2, 0) is 7.05 Å². The predicted molar refractivity (Wildman–Crippen MR) is 104 cm³/mol. The Bertz CT molecular complexity index is 933. The van der Waals surface area contributed by atoms with Crippen molar-refractivity contribution in [2.24, 2.45) is 7.05 Å². The van der Waals surface area contributed by atoms with Gasteiger partial charge in [-0.15, -0.1) is 11.3 Å². The molecule has 0 bridgehead atoms. The van der Waals surface area contributed by atoms with Gasteiger partial charge in [-0.05, 0) is 48.1 Å². The molecular weight excluding hydrogens is 354 g/mol. The second kappa shape index (κ2) is 6.50. The highest BCUT2D eigenvalue weighted by molar-refractivity contribution is 7.21. The average Bonchev–Trinajstić information content (AvgIpc) is 3.15. The van der Waals surface area contributed by atoms with Crippen LogP contribution in [0, 0.1) is 0 Å². The highest BCUT2D eigenvalue weighted by Crippen LogP contribution is 2.46. The molecule has 0 aliphatic heterocycles. The van der Waals surface area contributed by atoms with Crippen molar-refractivity contribution in [3.05, 3.63) is 45.8 Å². The minimum absolute atomic E-state index is 0.417. The Hall–Kier alpha value is -1.78. The van der Waals surface area contributed by atoms with Gasteiger partial charge in [0, 0.05) is 12.1 Å². The highest BCUT2D eigenvalue weighted by Gasteiger charge is 2.27. The van der Waals surface area contributed by atoms with E-state index in [1.54, 1.807) is 0 Å². The Morgan fingerprint density at radius 1 is 1.20 bits per heavy atom. The highest BCUT2D eigenvalue weighted by atomic mass is 35.5. The second-order valence-corrected chi connectivity index (χ2v) is 8.28. The summed E-state index contributed by atoms with van der Waals surface area (Å²) in [5.74, 6) is -0.340. The van der Waals surface area contributed by atoms with Crippen molar-refractivity contribution >= 4 is 39.1 Å². The minimum atomic E-state index is -0.844. The van der Waals surface area contributed by atoms with Crippen LogP contribution < -0.4 is 0 Å². The van der Waals surface area contributed by atoms with E-state index in [0.29, 0.717) is 10.8 Å². The maximum absolute atomic E-state index is 11.4. The number of carboxylic acid groups (broad SMARTS) is 1. The lowest BCUT2D eigenvalue weighted by atomic mass is 9.83. The quantitative estimate of drug-likeness (QED) is 0.584. The number of carboxylic acids is 1. The van der Waals surface area contributed by atoms with Crippen LogP contribution in [0.4, 0.5) is 0 Å². The number of nitrogens with zero attached hydrogens (tertiary/aromatic N) is 1. The monoisotopic (exact) mass is 373 g/mol. The molecule has 0 atom stereocenters. The molecule has 0 unspecified atom stereocenters. The number of carbonyl (C=O) groups is 1. The molecule has 0 radical (unpaired) electrons. The van der Waals surface area contributed by atoms with Crippen molar-refractivity contribution in [2.45, 2.75) is 38.0 Å². The number of aryl methyl sites for hydroxylation is 1. The Kier molecular flexibility index (Phi) is 4.34. The fourth-order valence-corrected chi connectivity index (χ4v) is 5.34. The summed E-state index contributed by atoms with van der Waals surface area (Å²) in [4.78, 5) is 11.9. The van der Waals surface area contributed by atoms with Gasteiger partial charge in [-0.3, -0.25) is 0 Å². The summed E-state index contributed by atoms with van der Waals surface area (Å²) in [6, 6.07) is 9.78. The van der Waals surface area contributed by atoms with Gasteiger partial charge in [0.05, 0.1) is 15.9 Å². The topological polar surface area (TPSA) is 42.2 Å². The summed E-state index contributed by atoms with van der Waals surface area (Å²) in [5.41, 5.74) is 4.71. The fraction of sp³-hybridized carbons (Fsp3) is 0.350. The molecule has 0 saturated heterocycles. The molecule has 0 spiro atoms. The zero-order valence-electron chi connectivity index (χ0n) is 14.1. The number of aromatic carboxylic acids is 1. The fourth-order valence-electron chi connectivity index (χ4n) is 4.06. The van der Waals surface area contributed by atoms with Gasteiger partial charge in [0.25, 0.3) is 0 Å². The van der Waals surface area contributed by atoms with Crippen molar-refractivity contribution in [1.29, 1.82) is 0 Å². The van der Waals surface area contributed by atoms with Crippen LogP contribution in [-0.4, -0.2) is 15.6 Å². The van der Waals surface area contributed by atoms with E-state index >= 15 is 0 Å². The first-order valence-electron chi connectivity index (χ1n) is 8.67. The van der Waals surface area contributed by atoms with Crippen LogP contribution >= 0.6 is 22.9 Å². The maximum atomic E-state index is 11.4. The Labute approximate surface area is 155 Å². The number of fused-ring (bicyclic) bond motifs is 1. The lowest BCUT2D eigenvalue weighted by Crippen LogP contribution is -2.06. The number of hydrogen-bond acceptors (Lipinski definition) is 2. The molecule has 25 heavy (non-hydrogen) atoms. The van der Waals surface area contributed by atoms with Crippen molar-refractivity contribution in [3.8, 4) is 11.3 Å². The van der Waals surface area contributed by atoms with Crippen LogP contribution in [0.5, 0.6) is 0 Å². The van der Waals surface area contributed by atoms with Crippen molar-refractivity contribution in [1.82, 2.24) is 4.57 Å². The molecule has 1 fully saturated rings. The zero-order chi connectivity index (χ0) is 17.6. The molecule has 1 aliphatic carbocycles. The van der Waals surface area contributed by atoms with Gasteiger partial charge in [-0.2, -0.15) is 0 Å². The molecule has 0 amide bonds. The molecule has 3 aromatic rings. The molecule has 1 N–H and O–H groups in total. The van der Waals surface area contributed by atoms with Gasteiger partial charge >= 0.3 is 5.97 Å². The first kappa shape index (κ1) is 16.7. The molecule has 1 saturated carbocycles. The van der Waals surface area contributed by atoms with Crippen molar-refractivity contribution < 1.29 is 9.90 Å². The lowest BCUT2D eigenvalue weighted by Gasteiger charge is -2.23. The summed E-state index contributed by atoms with van der Waals surface area (Å²) < 4.78 is 3.29. The molecule has 4 rings (SSSR count). The number of halogens is 1. The minimum Gasteiger partial charge on any atom is -0.477 e. The number of thiophene rings is 1. The maximum Gasteiger partial charge on any atom is 0.345 e. The summed E-state index contributed by atoms with van der Waals surface area (Å²) >= 11 is 7.48. The molecule has 2 heterocycles. The number of aromatic nitrogens is 1. The Balaban J connectivity index is 1.96. The molecule has 3 nitrogen and oxygen atoms in total. The van der Waals surface area contributed by atoms with Crippen molar-refractivity contribution in [2.75, 3.05) is 0 Å².